The van der Waals surface area contributed by atoms with Crippen LogP contribution in [0, 0.1) is 6.92 Å². The summed E-state index contributed by atoms with van der Waals surface area (Å²) in [6.45, 7) is 4.59. The topological polar surface area (TPSA) is 107 Å². The zero-order chi connectivity index (χ0) is 20.1. The number of benzene rings is 1. The molecule has 3 rings (SSSR count). The highest BCUT2D eigenvalue weighted by Gasteiger charge is 2.34. The van der Waals surface area contributed by atoms with Crippen LogP contribution in [0.2, 0.25) is 0 Å². The van der Waals surface area contributed by atoms with Gasteiger partial charge in [-0.2, -0.15) is 0 Å². The lowest BCUT2D eigenvalue weighted by atomic mass is 9.85. The third kappa shape index (κ3) is 5.04. The predicted octanol–water partition coefficient (Wildman–Crippen LogP) is 2.51. The second-order valence-corrected chi connectivity index (χ2v) is 6.98. The van der Waals surface area contributed by atoms with Crippen LogP contribution in [0.1, 0.15) is 25.5 Å². The number of anilines is 1. The molecule has 0 bridgehead atoms. The Morgan fingerprint density at radius 1 is 1.21 bits per heavy atom. The first-order chi connectivity index (χ1) is 13.4. The van der Waals surface area contributed by atoms with Crippen LogP contribution in [0.15, 0.2) is 36.5 Å². The summed E-state index contributed by atoms with van der Waals surface area (Å²) in [4.78, 5) is 33.6. The average Bonchev–Trinajstić information content (AvgIpc) is 2.63. The number of aryl methyl sites for hydroxylation is 1. The van der Waals surface area contributed by atoms with Crippen LogP contribution in [0.4, 0.5) is 10.5 Å². The summed E-state index contributed by atoms with van der Waals surface area (Å²) >= 11 is 0. The molecule has 1 saturated carbocycles. The standard InChI is InChI=1S/C20H25N5O3/c1-3-25(12-18(26)27)17-10-16(11-17)24-20(28)23-15-6-4-14(5-7-15)19-21-9-8-13(2)22-19/h4-9,16-17H,3,10-12H2,1-2H3,(H,26,27)(H2,23,24,28). The van der Waals surface area contributed by atoms with Gasteiger partial charge in [-0.3, -0.25) is 9.69 Å². The van der Waals surface area contributed by atoms with E-state index in [4.69, 9.17) is 5.11 Å². The van der Waals surface area contributed by atoms with Crippen LogP contribution in [0.3, 0.4) is 0 Å². The van der Waals surface area contributed by atoms with E-state index in [9.17, 15) is 9.59 Å². The summed E-state index contributed by atoms with van der Waals surface area (Å²) in [5.41, 5.74) is 2.47. The van der Waals surface area contributed by atoms with Gasteiger partial charge >= 0.3 is 12.0 Å². The number of carbonyl (C=O) groups is 2. The van der Waals surface area contributed by atoms with Crippen molar-refractivity contribution in [2.45, 2.75) is 38.8 Å². The molecule has 8 nitrogen and oxygen atoms in total. The smallest absolute Gasteiger partial charge is 0.319 e. The van der Waals surface area contributed by atoms with Gasteiger partial charge in [-0.15, -0.1) is 0 Å². The zero-order valence-corrected chi connectivity index (χ0v) is 16.1. The number of carboxylic acids is 1. The molecular weight excluding hydrogens is 358 g/mol. The zero-order valence-electron chi connectivity index (χ0n) is 16.1. The number of rotatable bonds is 7. The molecule has 0 spiro atoms. The number of aromatic nitrogens is 2. The van der Waals surface area contributed by atoms with Gasteiger partial charge in [-0.25, -0.2) is 14.8 Å². The molecular formula is C20H25N5O3. The lowest BCUT2D eigenvalue weighted by molar-refractivity contribution is -0.139. The fourth-order valence-corrected chi connectivity index (χ4v) is 3.32. The minimum atomic E-state index is -0.824. The van der Waals surface area contributed by atoms with Crippen molar-refractivity contribution in [3.63, 3.8) is 0 Å². The van der Waals surface area contributed by atoms with E-state index in [1.807, 2.05) is 49.1 Å². The van der Waals surface area contributed by atoms with E-state index in [-0.39, 0.29) is 24.7 Å². The lowest BCUT2D eigenvalue weighted by Gasteiger charge is -2.42. The van der Waals surface area contributed by atoms with Gasteiger partial charge < -0.3 is 15.7 Å². The summed E-state index contributed by atoms with van der Waals surface area (Å²) in [6, 6.07) is 9.22. The Bertz CT molecular complexity index is 834. The monoisotopic (exact) mass is 383 g/mol. The predicted molar refractivity (Wildman–Crippen MR) is 106 cm³/mol. The summed E-state index contributed by atoms with van der Waals surface area (Å²) in [5, 5.41) is 14.7. The molecule has 1 heterocycles. The number of hydrogen-bond acceptors (Lipinski definition) is 5. The third-order valence-electron chi connectivity index (χ3n) is 4.91. The number of carboxylic acid groups (broad SMARTS) is 1. The summed E-state index contributed by atoms with van der Waals surface area (Å²) in [7, 11) is 0. The molecule has 2 amide bonds. The van der Waals surface area contributed by atoms with Crippen molar-refractivity contribution in [3.8, 4) is 11.4 Å². The number of carbonyl (C=O) groups excluding carboxylic acids is 1. The second kappa shape index (κ2) is 8.79. The van der Waals surface area contributed by atoms with Crippen LogP contribution in [-0.2, 0) is 4.79 Å². The van der Waals surface area contributed by atoms with Crippen molar-refractivity contribution in [2.75, 3.05) is 18.4 Å². The normalized spacial score (nSPS) is 18.4. The number of urea groups is 1. The van der Waals surface area contributed by atoms with Crippen LogP contribution in [-0.4, -0.2) is 57.1 Å². The number of hydrogen-bond donors (Lipinski definition) is 3. The maximum atomic E-state index is 12.2. The van der Waals surface area contributed by atoms with E-state index >= 15 is 0 Å². The Kier molecular flexibility index (Phi) is 6.20. The van der Waals surface area contributed by atoms with Crippen LogP contribution in [0.25, 0.3) is 11.4 Å². The summed E-state index contributed by atoms with van der Waals surface area (Å²) in [6.07, 6.45) is 3.25. The molecule has 0 radical (unpaired) electrons. The van der Waals surface area contributed by atoms with Crippen molar-refractivity contribution >= 4 is 17.7 Å². The quantitative estimate of drug-likeness (QED) is 0.678. The molecule has 0 saturated heterocycles. The number of amides is 2. The van der Waals surface area contributed by atoms with Gasteiger partial charge in [0.25, 0.3) is 0 Å². The molecule has 0 atom stereocenters. The number of aliphatic carboxylic acids is 1. The van der Waals surface area contributed by atoms with Crippen molar-refractivity contribution in [3.05, 3.63) is 42.2 Å². The SMILES string of the molecule is CCN(CC(=O)O)C1CC(NC(=O)Nc2ccc(-c3nccc(C)n3)cc2)C1. The van der Waals surface area contributed by atoms with Gasteiger partial charge in [0.1, 0.15) is 0 Å². The molecule has 0 aliphatic heterocycles. The molecule has 28 heavy (non-hydrogen) atoms. The highest BCUT2D eigenvalue weighted by Crippen LogP contribution is 2.25. The first-order valence-corrected chi connectivity index (χ1v) is 9.38. The summed E-state index contributed by atoms with van der Waals surface area (Å²) in [5.74, 6) is -0.172. The van der Waals surface area contributed by atoms with Gasteiger partial charge in [0.05, 0.1) is 6.54 Å². The molecule has 148 valence electrons. The van der Waals surface area contributed by atoms with Crippen molar-refractivity contribution < 1.29 is 14.7 Å². The fourth-order valence-electron chi connectivity index (χ4n) is 3.32. The van der Waals surface area contributed by atoms with Gasteiger partial charge in [0.15, 0.2) is 5.82 Å². The maximum Gasteiger partial charge on any atom is 0.319 e. The van der Waals surface area contributed by atoms with Crippen molar-refractivity contribution in [2.24, 2.45) is 0 Å². The largest absolute Gasteiger partial charge is 0.480 e. The molecule has 1 aromatic carbocycles. The number of likely N-dealkylation sites (N-methyl/N-ethyl adjacent to an activating group) is 1. The molecule has 8 heteroatoms. The highest BCUT2D eigenvalue weighted by molar-refractivity contribution is 5.89. The van der Waals surface area contributed by atoms with Crippen LogP contribution >= 0.6 is 0 Å². The van der Waals surface area contributed by atoms with E-state index < -0.39 is 5.97 Å². The Balaban J connectivity index is 1.47. The molecule has 2 aromatic rings. The van der Waals surface area contributed by atoms with E-state index in [2.05, 4.69) is 20.6 Å². The fraction of sp³-hybridized carbons (Fsp3) is 0.400. The first kappa shape index (κ1) is 19.8. The maximum absolute atomic E-state index is 12.2. The van der Waals surface area contributed by atoms with Gasteiger partial charge in [0.2, 0.25) is 0 Å². The first-order valence-electron chi connectivity index (χ1n) is 9.38. The van der Waals surface area contributed by atoms with Crippen molar-refractivity contribution in [1.29, 1.82) is 0 Å². The number of nitrogens with one attached hydrogen (secondary N) is 2. The van der Waals surface area contributed by atoms with Gasteiger partial charge in [-0.05, 0) is 56.6 Å². The molecule has 1 aromatic heterocycles. The average molecular weight is 383 g/mol. The molecule has 1 aliphatic rings. The lowest BCUT2D eigenvalue weighted by Crippen LogP contribution is -2.55. The van der Waals surface area contributed by atoms with E-state index in [1.165, 1.54) is 0 Å². The Labute approximate surface area is 164 Å². The summed E-state index contributed by atoms with van der Waals surface area (Å²) < 4.78 is 0. The van der Waals surface area contributed by atoms with Gasteiger partial charge in [0, 0.05) is 35.2 Å². The van der Waals surface area contributed by atoms with E-state index in [1.54, 1.807) is 6.20 Å². The molecule has 3 N–H and O–H groups in total. The Morgan fingerprint density at radius 3 is 2.54 bits per heavy atom. The minimum absolute atomic E-state index is 0.0388. The molecule has 1 aliphatic carbocycles. The third-order valence-corrected chi connectivity index (χ3v) is 4.91. The van der Waals surface area contributed by atoms with Crippen LogP contribution < -0.4 is 10.6 Å². The Morgan fingerprint density at radius 2 is 1.93 bits per heavy atom. The van der Waals surface area contributed by atoms with E-state index in [0.29, 0.717) is 18.1 Å². The molecule has 0 unspecified atom stereocenters. The highest BCUT2D eigenvalue weighted by atomic mass is 16.4. The second-order valence-electron chi connectivity index (χ2n) is 6.98. The van der Waals surface area contributed by atoms with Crippen LogP contribution in [0.5, 0.6) is 0 Å². The van der Waals surface area contributed by atoms with E-state index in [0.717, 1.165) is 24.1 Å². The minimum Gasteiger partial charge on any atom is -0.480 e. The number of nitrogens with zero attached hydrogens (tertiary/aromatic N) is 3. The Hall–Kier alpha value is -3.00. The molecule has 1 fully saturated rings. The van der Waals surface area contributed by atoms with Crippen molar-refractivity contribution in [1.82, 2.24) is 20.2 Å². The van der Waals surface area contributed by atoms with Gasteiger partial charge in [-0.1, -0.05) is 6.92 Å².